The number of rotatable bonds is 19. The number of aliphatic imine (C=N–C) groups is 1. The lowest BCUT2D eigenvalue weighted by atomic mass is 10.0. The van der Waals surface area contributed by atoms with Crippen molar-refractivity contribution in [3.8, 4) is 0 Å². The van der Waals surface area contributed by atoms with E-state index in [1.165, 1.54) is 92.9 Å². The number of carbonyl (C=O) groups is 1. The number of nitrogens with zero attached hydrogens (tertiary/aromatic N) is 4. The van der Waals surface area contributed by atoms with Crippen LogP contribution >= 0.6 is 23.1 Å². The van der Waals surface area contributed by atoms with Gasteiger partial charge in [-0.25, -0.2) is 4.98 Å². The third-order valence-electron chi connectivity index (χ3n) is 8.68. The highest BCUT2D eigenvalue weighted by atomic mass is 32.2. The fourth-order valence-electron chi connectivity index (χ4n) is 5.91. The van der Waals surface area contributed by atoms with Gasteiger partial charge < -0.3 is 9.64 Å². The zero-order valence-electron chi connectivity index (χ0n) is 27.9. The van der Waals surface area contributed by atoms with Gasteiger partial charge in [-0.3, -0.25) is 19.9 Å². The molecule has 1 saturated heterocycles. The van der Waals surface area contributed by atoms with E-state index in [9.17, 15) is 14.9 Å². The van der Waals surface area contributed by atoms with Crippen molar-refractivity contribution in [3.05, 3.63) is 87.5 Å². The van der Waals surface area contributed by atoms with Crippen molar-refractivity contribution in [3.63, 3.8) is 0 Å². The highest BCUT2D eigenvalue weighted by Gasteiger charge is 2.21. The van der Waals surface area contributed by atoms with Crippen molar-refractivity contribution in [2.75, 3.05) is 37.0 Å². The molecule has 0 N–H and O–H groups in total. The Morgan fingerprint density at radius 2 is 1.67 bits per heavy atom. The molecule has 4 aromatic rings. The quantitative estimate of drug-likeness (QED) is 0.0242. The molecule has 1 aliphatic rings. The van der Waals surface area contributed by atoms with Gasteiger partial charge in [-0.05, 0) is 48.2 Å². The maximum atomic E-state index is 12.9. The fourth-order valence-corrected chi connectivity index (χ4v) is 7.90. The van der Waals surface area contributed by atoms with E-state index in [-0.39, 0.29) is 16.4 Å². The Morgan fingerprint density at radius 1 is 0.958 bits per heavy atom. The summed E-state index contributed by atoms with van der Waals surface area (Å²) in [5, 5.41) is 11.8. The Hall–Kier alpha value is -3.60. The van der Waals surface area contributed by atoms with Crippen LogP contribution in [0.15, 0.2) is 70.0 Å². The van der Waals surface area contributed by atoms with Crippen molar-refractivity contribution < 1.29 is 14.5 Å². The molecule has 3 aromatic carbocycles. The number of ketones is 1. The van der Waals surface area contributed by atoms with Crippen LogP contribution in [0.3, 0.4) is 0 Å². The summed E-state index contributed by atoms with van der Waals surface area (Å²) in [4.78, 5) is 35.7. The lowest BCUT2D eigenvalue weighted by Crippen LogP contribution is -2.36. The van der Waals surface area contributed by atoms with Crippen molar-refractivity contribution >= 4 is 62.4 Å². The average Bonchev–Trinajstić information content (AvgIpc) is 3.53. The van der Waals surface area contributed by atoms with Crippen LogP contribution in [0.5, 0.6) is 0 Å². The van der Waals surface area contributed by atoms with Crippen LogP contribution in [0.2, 0.25) is 0 Å². The monoisotopic (exact) mass is 686 g/mol. The molecule has 0 bridgehead atoms. The number of aryl methyl sites for hydroxylation is 1. The first-order valence-electron chi connectivity index (χ1n) is 17.3. The molecule has 0 radical (unpaired) electrons. The largest absolute Gasteiger partial charge is 0.378 e. The van der Waals surface area contributed by atoms with Crippen LogP contribution in [-0.2, 0) is 11.2 Å². The zero-order chi connectivity index (χ0) is 33.6. The minimum Gasteiger partial charge on any atom is -0.378 e. The molecular weight excluding hydrogens is 641 g/mol. The molecule has 0 spiro atoms. The van der Waals surface area contributed by atoms with E-state index in [1.807, 2.05) is 41.3 Å². The summed E-state index contributed by atoms with van der Waals surface area (Å²) in [5.41, 5.74) is 4.95. The highest BCUT2D eigenvalue weighted by molar-refractivity contribution is 8.01. The van der Waals surface area contributed by atoms with E-state index in [2.05, 4.69) is 24.0 Å². The standard InChI is InChI=1S/C38H46N4O4S2/c1-2-3-4-5-6-7-8-9-10-11-12-29-13-16-31(17-14-29)36(43)28-47-38-40-33-19-18-32(26-37(33)48-38)39-27-30-15-20-34(35(25-30)42(44)45)41-21-23-46-24-22-41/h13-20,25-27H,2-12,21-24,28H2,1H3. The van der Waals surface area contributed by atoms with E-state index < -0.39 is 0 Å². The summed E-state index contributed by atoms with van der Waals surface area (Å²) in [6.07, 6.45) is 16.1. The molecule has 254 valence electrons. The van der Waals surface area contributed by atoms with Gasteiger partial charge in [-0.15, -0.1) is 11.3 Å². The van der Waals surface area contributed by atoms with Gasteiger partial charge in [0.15, 0.2) is 10.1 Å². The molecule has 0 unspecified atom stereocenters. The van der Waals surface area contributed by atoms with Crippen molar-refractivity contribution in [1.29, 1.82) is 0 Å². The second-order valence-electron chi connectivity index (χ2n) is 12.3. The smallest absolute Gasteiger partial charge is 0.293 e. The first kappa shape index (κ1) is 35.7. The summed E-state index contributed by atoms with van der Waals surface area (Å²) in [7, 11) is 0. The van der Waals surface area contributed by atoms with Crippen molar-refractivity contribution in [1.82, 2.24) is 4.98 Å². The number of nitro groups is 1. The predicted octanol–water partition coefficient (Wildman–Crippen LogP) is 10.2. The number of morpholine rings is 1. The molecule has 0 aliphatic carbocycles. The lowest BCUT2D eigenvalue weighted by Gasteiger charge is -2.28. The molecule has 0 atom stereocenters. The number of unbranched alkanes of at least 4 members (excludes halogenated alkanes) is 9. The average molecular weight is 687 g/mol. The topological polar surface area (TPSA) is 97.9 Å². The molecule has 8 nitrogen and oxygen atoms in total. The molecule has 0 amide bonds. The minimum atomic E-state index is -0.343. The number of thioether (sulfide) groups is 1. The number of thiazole rings is 1. The van der Waals surface area contributed by atoms with Crippen LogP contribution < -0.4 is 4.90 Å². The zero-order valence-corrected chi connectivity index (χ0v) is 29.5. The number of benzene rings is 3. The second kappa shape index (κ2) is 18.8. The Labute approximate surface area is 292 Å². The van der Waals surface area contributed by atoms with Crippen LogP contribution in [0.25, 0.3) is 10.2 Å². The van der Waals surface area contributed by atoms with E-state index >= 15 is 0 Å². The van der Waals surface area contributed by atoms with Gasteiger partial charge in [-0.2, -0.15) is 0 Å². The summed E-state index contributed by atoms with van der Waals surface area (Å²) in [5.74, 6) is 0.436. The van der Waals surface area contributed by atoms with Gasteiger partial charge in [-0.1, -0.05) is 107 Å². The maximum absolute atomic E-state index is 12.9. The fraction of sp³-hybridized carbons (Fsp3) is 0.447. The first-order valence-corrected chi connectivity index (χ1v) is 19.1. The highest BCUT2D eigenvalue weighted by Crippen LogP contribution is 2.33. The van der Waals surface area contributed by atoms with Crippen molar-refractivity contribution in [2.45, 2.75) is 81.9 Å². The van der Waals surface area contributed by atoms with Gasteiger partial charge in [0.05, 0.1) is 39.8 Å². The number of carbonyl (C=O) groups excluding carboxylic acids is 1. The summed E-state index contributed by atoms with van der Waals surface area (Å²) >= 11 is 3.00. The van der Waals surface area contributed by atoms with E-state index in [0.717, 1.165) is 32.2 Å². The third-order valence-corrected chi connectivity index (χ3v) is 10.8. The van der Waals surface area contributed by atoms with Crippen LogP contribution in [0, 0.1) is 10.1 Å². The molecule has 48 heavy (non-hydrogen) atoms. The van der Waals surface area contributed by atoms with Crippen molar-refractivity contribution in [2.24, 2.45) is 4.99 Å². The number of fused-ring (bicyclic) bond motifs is 1. The molecule has 1 fully saturated rings. The van der Waals surface area contributed by atoms with Gasteiger partial charge in [0, 0.05) is 30.9 Å². The number of anilines is 1. The van der Waals surface area contributed by atoms with E-state index in [4.69, 9.17) is 9.72 Å². The number of aromatic nitrogens is 1. The Bertz CT molecular complexity index is 1670. The third kappa shape index (κ3) is 10.7. The lowest BCUT2D eigenvalue weighted by molar-refractivity contribution is -0.384. The number of hydrogen-bond acceptors (Lipinski definition) is 9. The second-order valence-corrected chi connectivity index (χ2v) is 14.6. The van der Waals surface area contributed by atoms with Crippen LogP contribution in [-0.4, -0.2) is 54.0 Å². The van der Waals surface area contributed by atoms with Gasteiger partial charge in [0.25, 0.3) is 5.69 Å². The summed E-state index contributed by atoms with van der Waals surface area (Å²) < 4.78 is 7.20. The molecule has 0 saturated carbocycles. The molecular formula is C38H46N4O4S2. The SMILES string of the molecule is CCCCCCCCCCCCc1ccc(C(=O)CSc2nc3ccc(N=Cc4ccc(N5CCOCC5)c([N+](=O)[O-])c4)cc3s2)cc1. The Morgan fingerprint density at radius 3 is 2.38 bits per heavy atom. The number of ether oxygens (including phenoxy) is 1. The minimum absolute atomic E-state index is 0.0651. The van der Waals surface area contributed by atoms with Crippen LogP contribution in [0.4, 0.5) is 17.1 Å². The predicted molar refractivity (Wildman–Crippen MR) is 200 cm³/mol. The molecule has 1 aromatic heterocycles. The van der Waals surface area contributed by atoms with Gasteiger partial charge in [0.1, 0.15) is 5.69 Å². The first-order chi connectivity index (χ1) is 23.5. The number of Topliss-reactive ketones (excluding diaryl/α,β-unsaturated/α-hetero) is 1. The number of nitro benzene ring substituents is 1. The number of hydrogen-bond donors (Lipinski definition) is 0. The normalized spacial score (nSPS) is 13.5. The molecule has 10 heteroatoms. The van der Waals surface area contributed by atoms with Gasteiger partial charge >= 0.3 is 0 Å². The Balaban J connectivity index is 1.08. The van der Waals surface area contributed by atoms with E-state index in [1.54, 1.807) is 18.3 Å². The summed E-state index contributed by atoms with van der Waals surface area (Å²) in [6.45, 7) is 4.64. The van der Waals surface area contributed by atoms with E-state index in [0.29, 0.717) is 43.3 Å². The van der Waals surface area contributed by atoms with Crippen LogP contribution in [0.1, 0.15) is 92.6 Å². The molecule has 1 aliphatic heterocycles. The maximum Gasteiger partial charge on any atom is 0.293 e. The Kier molecular flexibility index (Phi) is 14.0. The molecule has 5 rings (SSSR count). The molecule has 2 heterocycles. The van der Waals surface area contributed by atoms with Gasteiger partial charge in [0.2, 0.25) is 0 Å². The summed E-state index contributed by atoms with van der Waals surface area (Å²) in [6, 6.07) is 19.1.